The molecule has 2 N–H and O–H groups in total. The first kappa shape index (κ1) is 10.2. The molecule has 10 heavy (non-hydrogen) atoms. The van der Waals surface area contributed by atoms with Crippen molar-refractivity contribution in [1.29, 1.82) is 0 Å². The highest BCUT2D eigenvalue weighted by molar-refractivity contribution is 14.1. The molecular weight excluding hydrogens is 243 g/mol. The predicted molar refractivity (Wildman–Crippen MR) is 49.9 cm³/mol. The Morgan fingerprint density at radius 2 is 2.00 bits per heavy atom. The van der Waals surface area contributed by atoms with Gasteiger partial charge in [-0.2, -0.15) is 0 Å². The second kappa shape index (κ2) is 4.90. The minimum atomic E-state index is -0.260. The van der Waals surface area contributed by atoms with Gasteiger partial charge < -0.3 is 5.73 Å². The predicted octanol–water partition coefficient (Wildman–Crippen LogP) is 0.575. The Kier molecular flexibility index (Phi) is 4.98. The zero-order chi connectivity index (χ0) is 8.15. The number of nitrogens with two attached hydrogens (primary N) is 1. The van der Waals surface area contributed by atoms with Crippen molar-refractivity contribution in [3.8, 4) is 0 Å². The van der Waals surface area contributed by atoms with E-state index in [9.17, 15) is 4.79 Å². The summed E-state index contributed by atoms with van der Waals surface area (Å²) in [6, 6.07) is 0. The smallest absolute Gasteiger partial charge is 0.244 e. The lowest BCUT2D eigenvalue weighted by molar-refractivity contribution is -0.119. The molecule has 1 unspecified atom stereocenters. The Bertz CT molecular complexity index is 114. The number of nitrogens with zero attached hydrogens (tertiary/aromatic N) is 1. The highest BCUT2D eigenvalue weighted by Crippen LogP contribution is 2.05. The molecule has 0 fully saturated rings. The Morgan fingerprint density at radius 1 is 1.60 bits per heavy atom. The lowest BCUT2D eigenvalue weighted by atomic mass is 10.4. The first-order valence-electron chi connectivity index (χ1n) is 3.30. The van der Waals surface area contributed by atoms with E-state index in [1.165, 1.54) is 0 Å². The second-order valence-corrected chi connectivity index (χ2v) is 3.14. The van der Waals surface area contributed by atoms with E-state index >= 15 is 0 Å². The Balaban J connectivity index is 3.88. The minimum Gasteiger partial charge on any atom is -0.368 e. The van der Waals surface area contributed by atoms with Crippen molar-refractivity contribution in [2.24, 2.45) is 5.73 Å². The summed E-state index contributed by atoms with van der Waals surface area (Å²) in [6.45, 7) is 5.76. The van der Waals surface area contributed by atoms with Gasteiger partial charge >= 0.3 is 0 Å². The molecule has 1 amide bonds. The summed E-state index contributed by atoms with van der Waals surface area (Å²) in [7, 11) is 0. The van der Waals surface area contributed by atoms with E-state index in [0.29, 0.717) is 0 Å². The van der Waals surface area contributed by atoms with Gasteiger partial charge in [0.05, 0.1) is 0 Å². The molecule has 60 valence electrons. The fraction of sp³-hybridized carbons (Fsp3) is 0.833. The van der Waals surface area contributed by atoms with Crippen molar-refractivity contribution < 1.29 is 4.79 Å². The summed E-state index contributed by atoms with van der Waals surface area (Å²) in [6.07, 6.45) is 0. The monoisotopic (exact) mass is 256 g/mol. The van der Waals surface area contributed by atoms with Gasteiger partial charge in [-0.05, 0) is 13.1 Å². The van der Waals surface area contributed by atoms with E-state index in [1.54, 1.807) is 0 Å². The maximum absolute atomic E-state index is 10.6. The highest BCUT2D eigenvalue weighted by atomic mass is 127. The molecule has 3 nitrogen and oxygen atoms in total. The van der Waals surface area contributed by atoms with Gasteiger partial charge in [0.15, 0.2) is 0 Å². The molecule has 1 atom stereocenters. The van der Waals surface area contributed by atoms with Crippen LogP contribution in [0.2, 0.25) is 0 Å². The zero-order valence-corrected chi connectivity index (χ0v) is 8.46. The Hall–Kier alpha value is 0.160. The summed E-state index contributed by atoms with van der Waals surface area (Å²) in [5, 5.41) is 0. The van der Waals surface area contributed by atoms with E-state index in [1.807, 2.05) is 41.3 Å². The van der Waals surface area contributed by atoms with Gasteiger partial charge in [0, 0.05) is 0 Å². The number of likely N-dealkylation sites (N-methyl/N-ethyl adjacent to an activating group) is 1. The number of hydrogen-bond acceptors (Lipinski definition) is 2. The lowest BCUT2D eigenvalue weighted by Crippen LogP contribution is -2.40. The molecule has 0 saturated carbocycles. The average Bonchev–Trinajstić information content (AvgIpc) is 1.90. The van der Waals surface area contributed by atoms with Crippen molar-refractivity contribution in [2.45, 2.75) is 17.9 Å². The van der Waals surface area contributed by atoms with E-state index in [-0.39, 0.29) is 9.96 Å². The number of alkyl halides is 1. The molecule has 0 aromatic rings. The van der Waals surface area contributed by atoms with Gasteiger partial charge in [0.25, 0.3) is 0 Å². The van der Waals surface area contributed by atoms with Gasteiger partial charge in [-0.1, -0.05) is 36.4 Å². The van der Waals surface area contributed by atoms with Crippen LogP contribution in [0.1, 0.15) is 13.8 Å². The molecule has 0 aromatic heterocycles. The van der Waals surface area contributed by atoms with Crippen LogP contribution in [-0.4, -0.2) is 27.9 Å². The number of rotatable bonds is 4. The van der Waals surface area contributed by atoms with Crippen molar-refractivity contribution in [2.75, 3.05) is 13.1 Å². The van der Waals surface area contributed by atoms with Crippen LogP contribution in [0, 0.1) is 0 Å². The van der Waals surface area contributed by atoms with E-state index in [4.69, 9.17) is 5.73 Å². The number of amides is 1. The molecule has 0 bridgehead atoms. The molecule has 0 aromatic carbocycles. The van der Waals surface area contributed by atoms with Crippen LogP contribution < -0.4 is 5.73 Å². The number of carbonyl (C=O) groups excluding carboxylic acids is 1. The topological polar surface area (TPSA) is 46.3 Å². The van der Waals surface area contributed by atoms with Crippen molar-refractivity contribution >= 4 is 28.5 Å². The van der Waals surface area contributed by atoms with E-state index in [2.05, 4.69) is 0 Å². The lowest BCUT2D eigenvalue weighted by Gasteiger charge is -2.21. The SMILES string of the molecule is CCN(CC)C(I)C(N)=O. The third kappa shape index (κ3) is 2.83. The molecule has 0 saturated heterocycles. The largest absolute Gasteiger partial charge is 0.368 e. The third-order valence-corrected chi connectivity index (χ3v) is 2.77. The van der Waals surface area contributed by atoms with Crippen LogP contribution in [0.15, 0.2) is 0 Å². The fourth-order valence-electron chi connectivity index (χ4n) is 0.724. The Morgan fingerprint density at radius 3 is 2.10 bits per heavy atom. The van der Waals surface area contributed by atoms with Gasteiger partial charge in [-0.25, -0.2) is 0 Å². The normalized spacial score (nSPS) is 13.6. The van der Waals surface area contributed by atoms with Crippen LogP contribution >= 0.6 is 22.6 Å². The molecule has 0 spiro atoms. The minimum absolute atomic E-state index is 0.160. The summed E-state index contributed by atoms with van der Waals surface area (Å²) in [4.78, 5) is 12.6. The first-order valence-corrected chi connectivity index (χ1v) is 4.55. The standard InChI is InChI=1S/C6H13IN2O/c1-3-9(4-2)5(7)6(8)10/h5H,3-4H2,1-2H3,(H2,8,10). The molecule has 4 heteroatoms. The highest BCUT2D eigenvalue weighted by Gasteiger charge is 2.16. The van der Waals surface area contributed by atoms with Crippen LogP contribution in [0.25, 0.3) is 0 Å². The Labute approximate surface area is 75.1 Å². The number of hydrogen-bond donors (Lipinski definition) is 1. The third-order valence-electron chi connectivity index (χ3n) is 1.37. The van der Waals surface area contributed by atoms with Crippen molar-refractivity contribution in [3.05, 3.63) is 0 Å². The van der Waals surface area contributed by atoms with E-state index in [0.717, 1.165) is 13.1 Å². The van der Waals surface area contributed by atoms with Crippen LogP contribution in [0.3, 0.4) is 0 Å². The van der Waals surface area contributed by atoms with Gasteiger partial charge in [-0.15, -0.1) is 0 Å². The van der Waals surface area contributed by atoms with E-state index < -0.39 is 0 Å². The molecule has 0 heterocycles. The first-order chi connectivity index (χ1) is 4.63. The van der Waals surface area contributed by atoms with Gasteiger partial charge in [0.1, 0.15) is 4.05 Å². The van der Waals surface area contributed by atoms with Crippen molar-refractivity contribution in [3.63, 3.8) is 0 Å². The van der Waals surface area contributed by atoms with Gasteiger partial charge in [0.2, 0.25) is 5.91 Å². The molecule has 0 aliphatic heterocycles. The molecule has 0 radical (unpaired) electrons. The molecular formula is C6H13IN2O. The quantitative estimate of drug-likeness (QED) is 0.454. The summed E-state index contributed by atoms with van der Waals surface area (Å²) < 4.78 is -0.160. The maximum atomic E-state index is 10.6. The summed E-state index contributed by atoms with van der Waals surface area (Å²) in [5.74, 6) is -0.260. The molecule has 0 aliphatic carbocycles. The number of halogens is 1. The molecule has 0 aliphatic rings. The number of carbonyl (C=O) groups is 1. The van der Waals surface area contributed by atoms with Gasteiger partial charge in [-0.3, -0.25) is 9.69 Å². The maximum Gasteiger partial charge on any atom is 0.244 e. The van der Waals surface area contributed by atoms with Crippen LogP contribution in [-0.2, 0) is 4.79 Å². The fourth-order valence-corrected chi connectivity index (χ4v) is 1.51. The van der Waals surface area contributed by atoms with Crippen LogP contribution in [0.4, 0.5) is 0 Å². The van der Waals surface area contributed by atoms with Crippen LogP contribution in [0.5, 0.6) is 0 Å². The van der Waals surface area contributed by atoms with Crippen molar-refractivity contribution in [1.82, 2.24) is 4.90 Å². The summed E-state index contributed by atoms with van der Waals surface area (Å²) >= 11 is 2.04. The second-order valence-electron chi connectivity index (χ2n) is 1.96. The molecule has 0 rings (SSSR count). The zero-order valence-electron chi connectivity index (χ0n) is 6.30. The average molecular weight is 256 g/mol. The number of primary amides is 1. The summed E-state index contributed by atoms with van der Waals surface area (Å²) in [5.41, 5.74) is 5.10.